The van der Waals surface area contributed by atoms with Gasteiger partial charge >= 0.3 is 124 Å². The van der Waals surface area contributed by atoms with E-state index in [-0.39, 0.29) is 15.6 Å². The van der Waals surface area contributed by atoms with E-state index in [2.05, 4.69) is 59.5 Å². The number of rotatable bonds is 0. The van der Waals surface area contributed by atoms with Gasteiger partial charge in [0.25, 0.3) is 0 Å². The van der Waals surface area contributed by atoms with Crippen molar-refractivity contribution in [3.8, 4) is 0 Å². The number of benzene rings is 2. The Morgan fingerprint density at radius 3 is 1.90 bits per heavy atom. The van der Waals surface area contributed by atoms with E-state index in [1.807, 2.05) is 0 Å². The molecule has 0 atom stereocenters. The van der Waals surface area contributed by atoms with Gasteiger partial charge in [-0.1, -0.05) is 0 Å². The maximum atomic E-state index is 4.92. The van der Waals surface area contributed by atoms with Crippen LogP contribution in [0.5, 0.6) is 0 Å². The molecule has 2 heteroatoms. The van der Waals surface area contributed by atoms with Crippen molar-refractivity contribution in [1.29, 1.82) is 0 Å². The Hall–Kier alpha value is -1.72. The molecule has 0 fully saturated rings. The monoisotopic (exact) mass is 317 g/mol. The summed E-state index contributed by atoms with van der Waals surface area (Å²) in [6, 6.07) is 17.8. The summed E-state index contributed by atoms with van der Waals surface area (Å²) in [6.45, 7) is 0. The van der Waals surface area contributed by atoms with Gasteiger partial charge in [-0.3, -0.25) is 0 Å². The van der Waals surface area contributed by atoms with Crippen LogP contribution in [0.25, 0.3) is 0 Å². The molecule has 20 heavy (non-hydrogen) atoms. The van der Waals surface area contributed by atoms with E-state index in [9.17, 15) is 0 Å². The molecular formula is C18H12AsN. The van der Waals surface area contributed by atoms with Crippen molar-refractivity contribution >= 4 is 15.6 Å². The first-order chi connectivity index (χ1) is 9.95. The minimum absolute atomic E-state index is 0.00407. The van der Waals surface area contributed by atoms with E-state index in [1.165, 1.54) is 33.5 Å². The molecule has 0 aromatic heterocycles. The Morgan fingerprint density at radius 1 is 0.750 bits per heavy atom. The summed E-state index contributed by atoms with van der Waals surface area (Å²) in [4.78, 5) is 2.28. The van der Waals surface area contributed by atoms with Gasteiger partial charge in [0.15, 0.2) is 0 Å². The Kier molecular flexibility index (Phi) is 2.14. The zero-order valence-corrected chi connectivity index (χ0v) is 12.7. The molecule has 0 N–H and O–H groups in total. The van der Waals surface area contributed by atoms with Crippen molar-refractivity contribution in [3.05, 3.63) is 93.0 Å². The van der Waals surface area contributed by atoms with Crippen LogP contribution in [0.4, 0.5) is 0 Å². The van der Waals surface area contributed by atoms with Gasteiger partial charge in [-0.2, -0.15) is 0 Å². The van der Waals surface area contributed by atoms with Crippen molar-refractivity contribution in [3.63, 3.8) is 0 Å². The van der Waals surface area contributed by atoms with E-state index in [0.717, 1.165) is 0 Å². The third-order valence-electron chi connectivity index (χ3n) is 4.60. The predicted octanol–water partition coefficient (Wildman–Crippen LogP) is 3.95. The molecule has 0 radical (unpaired) electrons. The first-order valence-corrected chi connectivity index (χ1v) is 8.86. The molecule has 2 aromatic rings. The van der Waals surface area contributed by atoms with Gasteiger partial charge in [-0.05, 0) is 0 Å². The summed E-state index contributed by atoms with van der Waals surface area (Å²) in [7, 11) is 0. The second-order valence-corrected chi connectivity index (χ2v) is 7.03. The summed E-state index contributed by atoms with van der Waals surface area (Å²) in [5.41, 5.74) is 8.68. The molecule has 1 nitrogen and oxygen atoms in total. The molecule has 0 spiro atoms. The summed E-state index contributed by atoms with van der Waals surface area (Å²) < 4.78 is 4.92. The SMILES string of the molecule is C1=CC2=C(N=[As]1)C1c3ccccc3C2c2ccccc21. The topological polar surface area (TPSA) is 12.4 Å². The molecule has 6 rings (SSSR count). The second-order valence-electron chi connectivity index (χ2n) is 5.50. The molecule has 4 aliphatic rings. The maximum absolute atomic E-state index is 4.92. The Balaban J connectivity index is 1.91. The molecule has 0 saturated heterocycles. The molecular weight excluding hydrogens is 305 g/mol. The molecule has 2 bridgehead atoms. The van der Waals surface area contributed by atoms with Crippen molar-refractivity contribution < 1.29 is 0 Å². The van der Waals surface area contributed by atoms with Crippen LogP contribution in [-0.2, 0) is 0 Å². The van der Waals surface area contributed by atoms with Crippen LogP contribution in [0.3, 0.4) is 0 Å². The fourth-order valence-electron chi connectivity index (χ4n) is 3.86. The summed E-state index contributed by atoms with van der Waals surface area (Å²) in [5, 5.41) is 0. The summed E-state index contributed by atoms with van der Waals surface area (Å²) in [6.07, 6.45) is 2.34. The average molecular weight is 317 g/mol. The first kappa shape index (κ1) is 11.0. The fourth-order valence-corrected chi connectivity index (χ4v) is 5.22. The van der Waals surface area contributed by atoms with E-state index in [4.69, 9.17) is 3.86 Å². The van der Waals surface area contributed by atoms with Crippen LogP contribution in [0.2, 0.25) is 0 Å². The van der Waals surface area contributed by atoms with E-state index < -0.39 is 0 Å². The zero-order valence-electron chi connectivity index (χ0n) is 10.8. The molecule has 3 aliphatic carbocycles. The van der Waals surface area contributed by atoms with Gasteiger partial charge in [0, 0.05) is 0 Å². The third-order valence-corrected chi connectivity index (χ3v) is 5.89. The van der Waals surface area contributed by atoms with E-state index in [0.29, 0.717) is 11.8 Å². The van der Waals surface area contributed by atoms with Gasteiger partial charge in [-0.15, -0.1) is 0 Å². The van der Waals surface area contributed by atoms with Gasteiger partial charge in [-0.25, -0.2) is 0 Å². The van der Waals surface area contributed by atoms with Crippen LogP contribution >= 0.6 is 0 Å². The fraction of sp³-hybridized carbons (Fsp3) is 0.111. The van der Waals surface area contributed by atoms with Crippen LogP contribution in [0.15, 0.2) is 74.6 Å². The molecule has 94 valence electrons. The second kappa shape index (κ2) is 3.90. The standard InChI is InChI=1S/C18H12AsN/c1-3-7-13-11(5-1)16-12-6-2-4-8-14(12)17(13)18-15(16)9-10-19-20-18/h1-10,16-17H. The third kappa shape index (κ3) is 1.24. The number of hydrogen-bond acceptors (Lipinski definition) is 1. The van der Waals surface area contributed by atoms with Gasteiger partial charge < -0.3 is 0 Å². The predicted molar refractivity (Wildman–Crippen MR) is 80.9 cm³/mol. The van der Waals surface area contributed by atoms with Gasteiger partial charge in [0.1, 0.15) is 0 Å². The molecule has 2 aromatic carbocycles. The summed E-state index contributed by atoms with van der Waals surface area (Å²) in [5.74, 6) is 0.756. The molecule has 1 aliphatic heterocycles. The van der Waals surface area contributed by atoms with Crippen molar-refractivity contribution in [2.24, 2.45) is 3.86 Å². The van der Waals surface area contributed by atoms with Crippen LogP contribution < -0.4 is 0 Å². The first-order valence-electron chi connectivity index (χ1n) is 6.94. The van der Waals surface area contributed by atoms with Gasteiger partial charge in [0.05, 0.1) is 0 Å². The van der Waals surface area contributed by atoms with Gasteiger partial charge in [0.2, 0.25) is 0 Å². The average Bonchev–Trinajstić information content (AvgIpc) is 2.54. The quantitative estimate of drug-likeness (QED) is 0.653. The van der Waals surface area contributed by atoms with Crippen LogP contribution in [0.1, 0.15) is 34.1 Å². The molecule has 0 unspecified atom stereocenters. The summed E-state index contributed by atoms with van der Waals surface area (Å²) >= 11 is 0.00407. The number of nitrogens with zero attached hydrogens (tertiary/aromatic N) is 1. The number of allylic oxidation sites excluding steroid dienone is 3. The number of hydrogen-bond donors (Lipinski definition) is 0. The molecule has 1 heterocycles. The molecule has 0 amide bonds. The molecule has 0 saturated carbocycles. The van der Waals surface area contributed by atoms with Crippen molar-refractivity contribution in [2.75, 3.05) is 0 Å². The minimum atomic E-state index is 0.00407. The van der Waals surface area contributed by atoms with E-state index >= 15 is 0 Å². The van der Waals surface area contributed by atoms with E-state index in [1.54, 1.807) is 0 Å². The normalized spacial score (nSPS) is 25.2. The Labute approximate surface area is 124 Å². The zero-order chi connectivity index (χ0) is 13.1. The van der Waals surface area contributed by atoms with Crippen molar-refractivity contribution in [2.45, 2.75) is 11.8 Å². The van der Waals surface area contributed by atoms with Crippen LogP contribution in [0, 0.1) is 0 Å². The van der Waals surface area contributed by atoms with Crippen molar-refractivity contribution in [1.82, 2.24) is 0 Å². The van der Waals surface area contributed by atoms with Crippen LogP contribution in [-0.4, -0.2) is 15.6 Å². The Bertz CT molecular complexity index is 713. The Morgan fingerprint density at radius 2 is 1.30 bits per heavy atom.